The van der Waals surface area contributed by atoms with Gasteiger partial charge in [-0.05, 0) is 31.2 Å². The molecule has 0 radical (unpaired) electrons. The van der Waals surface area contributed by atoms with Gasteiger partial charge in [-0.25, -0.2) is 17.9 Å². The third-order valence-electron chi connectivity index (χ3n) is 3.89. The minimum absolute atomic E-state index is 0.00753. The molecule has 0 aliphatic carbocycles. The molecule has 1 saturated heterocycles. The van der Waals surface area contributed by atoms with Crippen molar-refractivity contribution in [2.45, 2.75) is 24.3 Å². The molecule has 1 aliphatic rings. The van der Waals surface area contributed by atoms with Crippen LogP contribution in [0.15, 0.2) is 29.2 Å². The molecule has 1 fully saturated rings. The van der Waals surface area contributed by atoms with Gasteiger partial charge in [0.2, 0.25) is 10.0 Å². The summed E-state index contributed by atoms with van der Waals surface area (Å²) < 4.78 is 31.6. The first-order chi connectivity index (χ1) is 12.9. The average molecular weight is 412 g/mol. The van der Waals surface area contributed by atoms with Crippen LogP contribution in [0.3, 0.4) is 0 Å². The third-order valence-corrected chi connectivity index (χ3v) is 6.39. The molecule has 10 heteroatoms. The molecule has 0 saturated carbocycles. The number of carbonyl (C=O) groups excluding carboxylic acids is 2. The number of sulfonamides is 1. The molecule has 1 aromatic carbocycles. The van der Waals surface area contributed by atoms with Gasteiger partial charge in [0.1, 0.15) is 6.04 Å². The van der Waals surface area contributed by atoms with Gasteiger partial charge in [0.25, 0.3) is 5.91 Å². The zero-order chi connectivity index (χ0) is 19.9. The summed E-state index contributed by atoms with van der Waals surface area (Å²) in [4.78, 5) is 26.4. The highest BCUT2D eigenvalue weighted by atomic mass is 32.2. The summed E-state index contributed by atoms with van der Waals surface area (Å²) in [6, 6.07) is 6.72. The molecule has 1 aromatic rings. The predicted octanol–water partition coefficient (Wildman–Crippen LogP) is 0.999. The summed E-state index contributed by atoms with van der Waals surface area (Å²) in [5.41, 5.74) is 0.298. The number of rotatable bonds is 7. The van der Waals surface area contributed by atoms with Crippen LogP contribution >= 0.6 is 11.8 Å². The Kier molecular flexibility index (Phi) is 7.65. The lowest BCUT2D eigenvalue weighted by Gasteiger charge is -2.33. The van der Waals surface area contributed by atoms with Gasteiger partial charge in [0.05, 0.1) is 17.6 Å². The molecule has 0 aromatic heterocycles. The summed E-state index contributed by atoms with van der Waals surface area (Å²) in [5.74, 6) is 0.421. The fourth-order valence-corrected chi connectivity index (χ4v) is 4.61. The quantitative estimate of drug-likeness (QED) is 0.525. The maximum absolute atomic E-state index is 12.8. The standard InChI is InChI=1S/C17H21N3O5S2/c1-2-25-17(22)15-12-26-11-10-20(15)16(21)13-4-6-14(7-5-13)27(23,24)19-9-3-8-18/h4-7,15,19H,2-3,9-12H2,1H3. The number of thioether (sulfide) groups is 1. The second-order valence-corrected chi connectivity index (χ2v) is 8.59. The number of carbonyl (C=O) groups is 2. The van der Waals surface area contributed by atoms with Crippen LogP contribution in [0, 0.1) is 11.3 Å². The van der Waals surface area contributed by atoms with Crippen molar-refractivity contribution in [2.24, 2.45) is 0 Å². The van der Waals surface area contributed by atoms with E-state index in [9.17, 15) is 18.0 Å². The Morgan fingerprint density at radius 1 is 1.37 bits per heavy atom. The van der Waals surface area contributed by atoms with Gasteiger partial charge in [-0.1, -0.05) is 0 Å². The molecule has 1 N–H and O–H groups in total. The smallest absolute Gasteiger partial charge is 0.329 e. The van der Waals surface area contributed by atoms with E-state index in [0.717, 1.165) is 5.75 Å². The Hall–Kier alpha value is -2.09. The number of nitriles is 1. The van der Waals surface area contributed by atoms with E-state index in [4.69, 9.17) is 10.00 Å². The molecule has 0 spiro atoms. The molecule has 0 bridgehead atoms. The van der Waals surface area contributed by atoms with Gasteiger partial charge in [-0.2, -0.15) is 17.0 Å². The molecule has 27 heavy (non-hydrogen) atoms. The summed E-state index contributed by atoms with van der Waals surface area (Å²) in [6.45, 7) is 2.40. The molecule has 8 nitrogen and oxygen atoms in total. The molecule has 2 rings (SSSR count). The zero-order valence-electron chi connectivity index (χ0n) is 14.9. The van der Waals surface area contributed by atoms with Crippen LogP contribution in [-0.2, 0) is 19.6 Å². The van der Waals surface area contributed by atoms with E-state index in [2.05, 4.69) is 4.72 Å². The molecule has 1 unspecified atom stereocenters. The lowest BCUT2D eigenvalue weighted by Crippen LogP contribution is -2.51. The van der Waals surface area contributed by atoms with E-state index in [1.807, 2.05) is 6.07 Å². The van der Waals surface area contributed by atoms with E-state index in [1.165, 1.54) is 29.2 Å². The highest BCUT2D eigenvalue weighted by molar-refractivity contribution is 7.99. The van der Waals surface area contributed by atoms with Crippen LogP contribution in [0.25, 0.3) is 0 Å². The summed E-state index contributed by atoms with van der Waals surface area (Å²) in [7, 11) is -3.73. The molecular weight excluding hydrogens is 390 g/mol. The van der Waals surface area contributed by atoms with Crippen molar-refractivity contribution in [3.63, 3.8) is 0 Å². The van der Waals surface area contributed by atoms with Crippen LogP contribution in [0.1, 0.15) is 23.7 Å². The lowest BCUT2D eigenvalue weighted by atomic mass is 10.1. The Morgan fingerprint density at radius 3 is 2.70 bits per heavy atom. The van der Waals surface area contributed by atoms with E-state index in [-0.39, 0.29) is 30.4 Å². The van der Waals surface area contributed by atoms with Crippen molar-refractivity contribution >= 4 is 33.7 Å². The van der Waals surface area contributed by atoms with Gasteiger partial charge in [-0.15, -0.1) is 0 Å². The van der Waals surface area contributed by atoms with Crippen molar-refractivity contribution < 1.29 is 22.7 Å². The average Bonchev–Trinajstić information content (AvgIpc) is 2.68. The Bertz CT molecular complexity index is 818. The van der Waals surface area contributed by atoms with Crippen LogP contribution < -0.4 is 4.72 Å². The zero-order valence-corrected chi connectivity index (χ0v) is 16.5. The van der Waals surface area contributed by atoms with Gasteiger partial charge in [0, 0.05) is 36.6 Å². The second-order valence-electron chi connectivity index (χ2n) is 5.67. The molecule has 146 valence electrons. The van der Waals surface area contributed by atoms with E-state index < -0.39 is 22.0 Å². The minimum atomic E-state index is -3.73. The van der Waals surface area contributed by atoms with E-state index in [1.54, 1.807) is 18.7 Å². The number of nitrogens with one attached hydrogen (secondary N) is 1. The monoisotopic (exact) mass is 411 g/mol. The number of benzene rings is 1. The van der Waals surface area contributed by atoms with Crippen molar-refractivity contribution in [1.29, 1.82) is 5.26 Å². The van der Waals surface area contributed by atoms with E-state index in [0.29, 0.717) is 17.9 Å². The number of esters is 1. The molecule has 1 amide bonds. The normalized spacial score (nSPS) is 17.2. The Balaban J connectivity index is 2.14. The van der Waals surface area contributed by atoms with Crippen molar-refractivity contribution in [1.82, 2.24) is 9.62 Å². The number of hydrogen-bond acceptors (Lipinski definition) is 7. The number of nitrogens with zero attached hydrogens (tertiary/aromatic N) is 2. The van der Waals surface area contributed by atoms with Gasteiger partial charge in [-0.3, -0.25) is 4.79 Å². The van der Waals surface area contributed by atoms with Gasteiger partial charge >= 0.3 is 5.97 Å². The molecule has 1 heterocycles. The first-order valence-corrected chi connectivity index (χ1v) is 11.1. The van der Waals surface area contributed by atoms with Gasteiger partial charge < -0.3 is 9.64 Å². The van der Waals surface area contributed by atoms with E-state index >= 15 is 0 Å². The van der Waals surface area contributed by atoms with Crippen LogP contribution in [0.2, 0.25) is 0 Å². The first kappa shape index (κ1) is 21.2. The lowest BCUT2D eigenvalue weighted by molar-refractivity contribution is -0.147. The minimum Gasteiger partial charge on any atom is -0.464 e. The van der Waals surface area contributed by atoms with Crippen LogP contribution in [0.5, 0.6) is 0 Å². The van der Waals surface area contributed by atoms with Crippen molar-refractivity contribution in [3.05, 3.63) is 29.8 Å². The highest BCUT2D eigenvalue weighted by Crippen LogP contribution is 2.21. The summed E-state index contributed by atoms with van der Waals surface area (Å²) in [5, 5.41) is 8.49. The Labute approximate surface area is 162 Å². The fourth-order valence-electron chi connectivity index (χ4n) is 2.55. The molecule has 1 aliphatic heterocycles. The van der Waals surface area contributed by atoms with Gasteiger partial charge in [0.15, 0.2) is 0 Å². The maximum Gasteiger partial charge on any atom is 0.329 e. The molecule has 1 atom stereocenters. The SMILES string of the molecule is CCOC(=O)C1CSCCN1C(=O)c1ccc(S(=O)(=O)NCCC#N)cc1. The summed E-state index contributed by atoms with van der Waals surface area (Å²) in [6.07, 6.45) is 0.0675. The van der Waals surface area contributed by atoms with Crippen LogP contribution in [-0.4, -0.2) is 62.4 Å². The Morgan fingerprint density at radius 2 is 2.07 bits per heavy atom. The topological polar surface area (TPSA) is 117 Å². The van der Waals surface area contributed by atoms with Crippen molar-refractivity contribution in [3.8, 4) is 6.07 Å². The largest absolute Gasteiger partial charge is 0.464 e. The third kappa shape index (κ3) is 5.45. The number of hydrogen-bond donors (Lipinski definition) is 1. The maximum atomic E-state index is 12.8. The summed E-state index contributed by atoms with van der Waals surface area (Å²) >= 11 is 1.58. The predicted molar refractivity (Wildman–Crippen MR) is 101 cm³/mol. The van der Waals surface area contributed by atoms with Crippen molar-refractivity contribution in [2.75, 3.05) is 31.2 Å². The molecular formula is C17H21N3O5S2. The number of amides is 1. The number of ether oxygens (including phenoxy) is 1. The fraction of sp³-hybridized carbons (Fsp3) is 0.471. The second kappa shape index (κ2) is 9.73. The first-order valence-electron chi connectivity index (χ1n) is 8.42. The highest BCUT2D eigenvalue weighted by Gasteiger charge is 2.34. The van der Waals surface area contributed by atoms with Crippen LogP contribution in [0.4, 0.5) is 0 Å².